The maximum Gasteiger partial charge on any atom is 0.341 e. The smallest absolute Gasteiger partial charge is 0.341 e. The number of carbonyl (C=O) groups excluding carboxylic acids is 1. The van der Waals surface area contributed by atoms with Crippen LogP contribution >= 0.6 is 0 Å². The molecule has 0 aliphatic heterocycles. The molecule has 1 saturated carbocycles. The van der Waals surface area contributed by atoms with Gasteiger partial charge in [0, 0.05) is 17.3 Å². The summed E-state index contributed by atoms with van der Waals surface area (Å²) in [4.78, 5) is 22.6. The number of nitrogens with one attached hydrogen (secondary N) is 2. The molecule has 3 rings (SSSR count). The summed E-state index contributed by atoms with van der Waals surface area (Å²) in [5, 5.41) is 11.5. The number of aliphatic carboxylic acids is 1. The van der Waals surface area contributed by atoms with Crippen molar-refractivity contribution >= 4 is 27.6 Å². The van der Waals surface area contributed by atoms with Crippen LogP contribution in [0.2, 0.25) is 0 Å². The third-order valence-corrected chi connectivity index (χ3v) is 5.50. The summed E-state index contributed by atoms with van der Waals surface area (Å²) in [5.74, 6) is -0.996. The Morgan fingerprint density at radius 3 is 2.39 bits per heavy atom. The van der Waals surface area contributed by atoms with Crippen LogP contribution in [0.1, 0.15) is 28.8 Å². The van der Waals surface area contributed by atoms with E-state index in [2.05, 4.69) is 10.0 Å². The Kier molecular flexibility index (Phi) is 5.55. The van der Waals surface area contributed by atoms with Gasteiger partial charge in [-0.3, -0.25) is 9.52 Å². The molecule has 2 aromatic carbocycles. The minimum absolute atomic E-state index is 0.0169. The zero-order valence-corrected chi connectivity index (χ0v) is 16.0. The number of benzene rings is 2. The lowest BCUT2D eigenvalue weighted by molar-refractivity contribution is -0.139. The molecule has 8 nitrogen and oxygen atoms in total. The molecule has 1 amide bonds. The Balaban J connectivity index is 1.69. The normalized spacial score (nSPS) is 13.6. The molecular formula is C19H20N2O6S. The van der Waals surface area contributed by atoms with E-state index < -0.39 is 22.6 Å². The molecule has 148 valence electrons. The molecule has 1 aliphatic rings. The van der Waals surface area contributed by atoms with Crippen molar-refractivity contribution in [1.82, 2.24) is 5.32 Å². The molecule has 2 aromatic rings. The molecule has 0 spiro atoms. The first-order valence-corrected chi connectivity index (χ1v) is 10.1. The van der Waals surface area contributed by atoms with Crippen LogP contribution in [-0.2, 0) is 14.8 Å². The van der Waals surface area contributed by atoms with Crippen molar-refractivity contribution in [3.8, 4) is 5.75 Å². The minimum atomic E-state index is -3.85. The maximum atomic E-state index is 12.6. The van der Waals surface area contributed by atoms with Gasteiger partial charge in [0.25, 0.3) is 15.9 Å². The van der Waals surface area contributed by atoms with Crippen LogP contribution in [0.25, 0.3) is 0 Å². The number of anilines is 1. The monoisotopic (exact) mass is 404 g/mol. The number of amides is 1. The highest BCUT2D eigenvalue weighted by molar-refractivity contribution is 7.92. The van der Waals surface area contributed by atoms with E-state index in [-0.39, 0.29) is 16.8 Å². The van der Waals surface area contributed by atoms with E-state index in [0.29, 0.717) is 22.6 Å². The Bertz CT molecular complexity index is 998. The van der Waals surface area contributed by atoms with Crippen molar-refractivity contribution in [2.24, 2.45) is 0 Å². The Morgan fingerprint density at radius 2 is 1.82 bits per heavy atom. The van der Waals surface area contributed by atoms with Crippen LogP contribution in [0.3, 0.4) is 0 Å². The average Bonchev–Trinajstić information content (AvgIpc) is 3.44. The van der Waals surface area contributed by atoms with Gasteiger partial charge < -0.3 is 15.2 Å². The van der Waals surface area contributed by atoms with Gasteiger partial charge >= 0.3 is 5.97 Å². The number of rotatable bonds is 8. The molecule has 1 aliphatic carbocycles. The van der Waals surface area contributed by atoms with Crippen LogP contribution in [-0.4, -0.2) is 38.0 Å². The number of aryl methyl sites for hydroxylation is 1. The second-order valence-electron chi connectivity index (χ2n) is 6.54. The highest BCUT2D eigenvalue weighted by atomic mass is 32.2. The summed E-state index contributed by atoms with van der Waals surface area (Å²) >= 11 is 0. The molecule has 1 fully saturated rings. The molecule has 0 atom stereocenters. The van der Waals surface area contributed by atoms with Crippen molar-refractivity contribution in [2.45, 2.75) is 30.7 Å². The van der Waals surface area contributed by atoms with Gasteiger partial charge in [-0.05, 0) is 67.8 Å². The van der Waals surface area contributed by atoms with Crippen LogP contribution < -0.4 is 14.8 Å². The van der Waals surface area contributed by atoms with E-state index in [1.807, 2.05) is 0 Å². The third kappa shape index (κ3) is 5.01. The SMILES string of the molecule is Cc1cc(S(=O)(=O)Nc2ccc(C(=O)NC3CC3)cc2)ccc1OCC(=O)O. The predicted molar refractivity (Wildman–Crippen MR) is 102 cm³/mol. The summed E-state index contributed by atoms with van der Waals surface area (Å²) in [6.07, 6.45) is 1.98. The van der Waals surface area contributed by atoms with Gasteiger partial charge in [0.15, 0.2) is 6.61 Å². The van der Waals surface area contributed by atoms with Crippen molar-refractivity contribution in [2.75, 3.05) is 11.3 Å². The van der Waals surface area contributed by atoms with E-state index in [0.717, 1.165) is 12.8 Å². The van der Waals surface area contributed by atoms with E-state index in [9.17, 15) is 18.0 Å². The van der Waals surface area contributed by atoms with Gasteiger partial charge in [0.1, 0.15) is 5.75 Å². The lowest BCUT2D eigenvalue weighted by Crippen LogP contribution is -2.25. The maximum absolute atomic E-state index is 12.6. The van der Waals surface area contributed by atoms with Gasteiger partial charge in [-0.1, -0.05) is 0 Å². The number of carbonyl (C=O) groups is 2. The number of carboxylic acid groups (broad SMARTS) is 1. The zero-order chi connectivity index (χ0) is 20.3. The number of ether oxygens (including phenoxy) is 1. The topological polar surface area (TPSA) is 122 Å². The fourth-order valence-electron chi connectivity index (χ4n) is 2.49. The lowest BCUT2D eigenvalue weighted by Gasteiger charge is -2.12. The summed E-state index contributed by atoms with van der Waals surface area (Å²) in [6, 6.07) is 10.6. The highest BCUT2D eigenvalue weighted by Crippen LogP contribution is 2.24. The van der Waals surface area contributed by atoms with Crippen molar-refractivity contribution in [3.05, 3.63) is 53.6 Å². The Morgan fingerprint density at radius 1 is 1.14 bits per heavy atom. The van der Waals surface area contributed by atoms with Crippen molar-refractivity contribution < 1.29 is 27.9 Å². The van der Waals surface area contributed by atoms with Crippen molar-refractivity contribution in [3.63, 3.8) is 0 Å². The summed E-state index contributed by atoms with van der Waals surface area (Å²) in [7, 11) is -3.85. The van der Waals surface area contributed by atoms with Crippen LogP contribution in [0, 0.1) is 6.92 Å². The molecule has 0 bridgehead atoms. The van der Waals surface area contributed by atoms with Gasteiger partial charge in [-0.25, -0.2) is 13.2 Å². The molecule has 9 heteroatoms. The van der Waals surface area contributed by atoms with Gasteiger partial charge in [0.2, 0.25) is 0 Å². The first-order chi connectivity index (χ1) is 13.2. The Hall–Kier alpha value is -3.07. The summed E-state index contributed by atoms with van der Waals surface area (Å²) in [5.41, 5.74) is 1.29. The first kappa shape index (κ1) is 19.7. The van der Waals surface area contributed by atoms with Gasteiger partial charge in [-0.2, -0.15) is 0 Å². The average molecular weight is 404 g/mol. The minimum Gasteiger partial charge on any atom is -0.482 e. The first-order valence-electron chi connectivity index (χ1n) is 8.63. The van der Waals surface area contributed by atoms with Gasteiger partial charge in [0.05, 0.1) is 4.90 Å². The van der Waals surface area contributed by atoms with E-state index >= 15 is 0 Å². The summed E-state index contributed by atoms with van der Waals surface area (Å²) in [6.45, 7) is 1.12. The van der Waals surface area contributed by atoms with Crippen LogP contribution in [0.15, 0.2) is 47.4 Å². The third-order valence-electron chi connectivity index (χ3n) is 4.12. The number of hydrogen-bond acceptors (Lipinski definition) is 5. The fraction of sp³-hybridized carbons (Fsp3) is 0.263. The van der Waals surface area contributed by atoms with Crippen LogP contribution in [0.5, 0.6) is 5.75 Å². The molecule has 0 radical (unpaired) electrons. The number of sulfonamides is 1. The molecule has 3 N–H and O–H groups in total. The number of hydrogen-bond donors (Lipinski definition) is 3. The van der Waals surface area contributed by atoms with E-state index in [1.54, 1.807) is 19.1 Å². The number of carboxylic acids is 1. The molecule has 0 saturated heterocycles. The van der Waals surface area contributed by atoms with Gasteiger partial charge in [-0.15, -0.1) is 0 Å². The molecular weight excluding hydrogens is 384 g/mol. The largest absolute Gasteiger partial charge is 0.482 e. The predicted octanol–water partition coefficient (Wildman–Crippen LogP) is 2.15. The zero-order valence-electron chi connectivity index (χ0n) is 15.1. The lowest BCUT2D eigenvalue weighted by atomic mass is 10.2. The molecule has 0 unspecified atom stereocenters. The van der Waals surface area contributed by atoms with Crippen molar-refractivity contribution in [1.29, 1.82) is 0 Å². The van der Waals surface area contributed by atoms with Crippen LogP contribution in [0.4, 0.5) is 5.69 Å². The standard InChI is InChI=1S/C19H20N2O6S/c1-12-10-16(8-9-17(12)27-11-18(22)23)28(25,26)21-15-4-2-13(3-5-15)19(24)20-14-6-7-14/h2-5,8-10,14,21H,6-7,11H2,1H3,(H,20,24)(H,22,23). The van der Waals surface area contributed by atoms with E-state index in [1.165, 1.54) is 30.3 Å². The Labute approximate surface area is 162 Å². The molecule has 28 heavy (non-hydrogen) atoms. The second kappa shape index (κ2) is 7.89. The molecule has 0 heterocycles. The summed E-state index contributed by atoms with van der Waals surface area (Å²) < 4.78 is 32.7. The molecule has 0 aromatic heterocycles. The highest BCUT2D eigenvalue weighted by Gasteiger charge is 2.23. The fourth-order valence-corrected chi connectivity index (χ4v) is 3.63. The quantitative estimate of drug-likeness (QED) is 0.620. The van der Waals surface area contributed by atoms with E-state index in [4.69, 9.17) is 9.84 Å². The second-order valence-corrected chi connectivity index (χ2v) is 8.22.